The highest BCUT2D eigenvalue weighted by molar-refractivity contribution is 5.98. The van der Waals surface area contributed by atoms with E-state index in [0.29, 0.717) is 11.4 Å². The van der Waals surface area contributed by atoms with Gasteiger partial charge in [-0.15, -0.1) is 0 Å². The SMILES string of the molecule is CCOC(=O)/C(F)=C(\Nc1ccc(OC)cc1)c1ccc(C(F)(F)F)cc1. The maximum atomic E-state index is 14.6. The highest BCUT2D eigenvalue weighted by Crippen LogP contribution is 2.31. The fraction of sp³-hybridized carbons (Fsp3) is 0.211. The molecule has 144 valence electrons. The molecule has 2 rings (SSSR count). The van der Waals surface area contributed by atoms with Gasteiger partial charge in [0, 0.05) is 11.3 Å². The Labute approximate surface area is 153 Å². The summed E-state index contributed by atoms with van der Waals surface area (Å²) in [6.07, 6.45) is -4.52. The molecule has 2 aromatic rings. The van der Waals surface area contributed by atoms with Gasteiger partial charge >= 0.3 is 12.1 Å². The fourth-order valence-electron chi connectivity index (χ4n) is 2.19. The predicted molar refractivity (Wildman–Crippen MR) is 92.7 cm³/mol. The molecule has 0 aliphatic heterocycles. The molecule has 0 atom stereocenters. The molecular weight excluding hydrogens is 366 g/mol. The van der Waals surface area contributed by atoms with Crippen LogP contribution in [0.2, 0.25) is 0 Å². The molecule has 4 nitrogen and oxygen atoms in total. The van der Waals surface area contributed by atoms with Crippen molar-refractivity contribution in [1.82, 2.24) is 0 Å². The lowest BCUT2D eigenvalue weighted by molar-refractivity contribution is -0.140. The van der Waals surface area contributed by atoms with Crippen molar-refractivity contribution in [3.8, 4) is 5.75 Å². The molecule has 0 aliphatic rings. The van der Waals surface area contributed by atoms with Crippen molar-refractivity contribution < 1.29 is 31.8 Å². The number of esters is 1. The molecule has 0 aliphatic carbocycles. The zero-order valence-electron chi connectivity index (χ0n) is 14.6. The zero-order chi connectivity index (χ0) is 20.0. The first kappa shape index (κ1) is 20.3. The summed E-state index contributed by atoms with van der Waals surface area (Å²) in [7, 11) is 1.48. The number of alkyl halides is 3. The number of methoxy groups -OCH3 is 1. The van der Waals surface area contributed by atoms with Crippen LogP contribution in [0.4, 0.5) is 23.2 Å². The standard InChI is InChI=1S/C19H17F4NO3/c1-3-27-18(25)16(20)17(24-14-8-10-15(26-2)11-9-14)12-4-6-13(7-5-12)19(21,22)23/h4-11,24H,3H2,1-2H3/b17-16+. The van der Waals surface area contributed by atoms with E-state index in [1.54, 1.807) is 24.3 Å². The van der Waals surface area contributed by atoms with Crippen LogP contribution in [-0.2, 0) is 15.7 Å². The molecule has 2 aromatic carbocycles. The number of benzene rings is 2. The lowest BCUT2D eigenvalue weighted by atomic mass is 10.1. The van der Waals surface area contributed by atoms with Crippen molar-refractivity contribution in [3.05, 3.63) is 65.5 Å². The number of anilines is 1. The van der Waals surface area contributed by atoms with Gasteiger partial charge in [-0.2, -0.15) is 17.6 Å². The molecule has 0 fully saturated rings. The monoisotopic (exact) mass is 383 g/mol. The van der Waals surface area contributed by atoms with Crippen molar-refractivity contribution in [3.63, 3.8) is 0 Å². The molecule has 0 saturated carbocycles. The van der Waals surface area contributed by atoms with Crippen LogP contribution in [-0.4, -0.2) is 19.7 Å². The maximum Gasteiger partial charge on any atom is 0.416 e. The van der Waals surface area contributed by atoms with Crippen molar-refractivity contribution in [1.29, 1.82) is 0 Å². The first-order valence-corrected chi connectivity index (χ1v) is 7.92. The Morgan fingerprint density at radius 2 is 1.63 bits per heavy atom. The molecule has 1 N–H and O–H groups in total. The number of rotatable bonds is 6. The van der Waals surface area contributed by atoms with Crippen molar-refractivity contribution >= 4 is 17.4 Å². The third-order valence-electron chi connectivity index (χ3n) is 3.53. The average Bonchev–Trinajstić information content (AvgIpc) is 2.65. The summed E-state index contributed by atoms with van der Waals surface area (Å²) in [5.74, 6) is -1.90. The van der Waals surface area contributed by atoms with Gasteiger partial charge in [-0.05, 0) is 43.3 Å². The van der Waals surface area contributed by atoms with Gasteiger partial charge in [0.1, 0.15) is 5.75 Å². The summed E-state index contributed by atoms with van der Waals surface area (Å²) < 4.78 is 62.5. The van der Waals surface area contributed by atoms with E-state index >= 15 is 0 Å². The van der Waals surface area contributed by atoms with Crippen LogP contribution in [0, 0.1) is 0 Å². The molecule has 0 amide bonds. The molecule has 0 saturated heterocycles. The molecule has 0 bridgehead atoms. The normalized spacial score (nSPS) is 12.2. The minimum atomic E-state index is -4.52. The molecule has 0 radical (unpaired) electrons. The second kappa shape index (κ2) is 8.57. The molecular formula is C19H17F4NO3. The van der Waals surface area contributed by atoms with Crippen LogP contribution in [0.15, 0.2) is 54.4 Å². The van der Waals surface area contributed by atoms with Crippen molar-refractivity contribution in [2.75, 3.05) is 19.0 Å². The van der Waals surface area contributed by atoms with Crippen LogP contribution in [0.1, 0.15) is 18.1 Å². The van der Waals surface area contributed by atoms with Gasteiger partial charge in [0.2, 0.25) is 5.83 Å². The van der Waals surface area contributed by atoms with Gasteiger partial charge < -0.3 is 14.8 Å². The van der Waals surface area contributed by atoms with Gasteiger partial charge in [0.25, 0.3) is 0 Å². The number of carbonyl (C=O) groups excluding carboxylic acids is 1. The Balaban J connectivity index is 2.43. The number of halogens is 4. The second-order valence-corrected chi connectivity index (χ2v) is 5.34. The van der Waals surface area contributed by atoms with E-state index in [-0.39, 0.29) is 17.9 Å². The average molecular weight is 383 g/mol. The van der Waals surface area contributed by atoms with Crippen molar-refractivity contribution in [2.45, 2.75) is 13.1 Å². The van der Waals surface area contributed by atoms with Gasteiger partial charge in [0.05, 0.1) is 25.0 Å². The molecule has 27 heavy (non-hydrogen) atoms. The summed E-state index contributed by atoms with van der Waals surface area (Å²) in [6.45, 7) is 1.47. The number of hydrogen-bond acceptors (Lipinski definition) is 4. The van der Waals surface area contributed by atoms with Crippen LogP contribution in [0.25, 0.3) is 5.70 Å². The van der Waals surface area contributed by atoms with Gasteiger partial charge in [-0.3, -0.25) is 0 Å². The highest BCUT2D eigenvalue weighted by Gasteiger charge is 2.30. The number of hydrogen-bond donors (Lipinski definition) is 1. The van der Waals surface area contributed by atoms with E-state index in [2.05, 4.69) is 10.1 Å². The van der Waals surface area contributed by atoms with Crippen molar-refractivity contribution in [2.24, 2.45) is 0 Å². The van der Waals surface area contributed by atoms with E-state index in [1.807, 2.05) is 0 Å². The summed E-state index contributed by atoms with van der Waals surface area (Å²) in [6, 6.07) is 10.1. The third-order valence-corrected chi connectivity index (χ3v) is 3.53. The van der Waals surface area contributed by atoms with Crippen LogP contribution in [0.3, 0.4) is 0 Å². The number of nitrogens with one attached hydrogen (secondary N) is 1. The smallest absolute Gasteiger partial charge is 0.416 e. The van der Waals surface area contributed by atoms with E-state index in [9.17, 15) is 22.4 Å². The summed E-state index contributed by atoms with van der Waals surface area (Å²) in [5, 5.41) is 2.71. The Morgan fingerprint density at radius 1 is 1.04 bits per heavy atom. The van der Waals surface area contributed by atoms with Crippen LogP contribution < -0.4 is 10.1 Å². The second-order valence-electron chi connectivity index (χ2n) is 5.34. The first-order chi connectivity index (χ1) is 12.8. The van der Waals surface area contributed by atoms with E-state index in [4.69, 9.17) is 4.74 Å². The first-order valence-electron chi connectivity index (χ1n) is 7.92. The van der Waals surface area contributed by atoms with Gasteiger partial charge in [-0.25, -0.2) is 4.79 Å². The minimum absolute atomic E-state index is 0.0465. The Bertz CT molecular complexity index is 812. The molecule has 0 heterocycles. The molecule has 0 unspecified atom stereocenters. The molecule has 0 spiro atoms. The van der Waals surface area contributed by atoms with Crippen LogP contribution in [0.5, 0.6) is 5.75 Å². The molecule has 8 heteroatoms. The fourth-order valence-corrected chi connectivity index (χ4v) is 2.19. The van der Waals surface area contributed by atoms with Gasteiger partial charge in [0.15, 0.2) is 0 Å². The topological polar surface area (TPSA) is 47.6 Å². The lowest BCUT2D eigenvalue weighted by Gasteiger charge is -2.14. The van der Waals surface area contributed by atoms with E-state index in [0.717, 1.165) is 24.3 Å². The number of carbonyl (C=O) groups is 1. The summed E-state index contributed by atoms with van der Waals surface area (Å²) in [4.78, 5) is 11.8. The maximum absolute atomic E-state index is 14.6. The quantitative estimate of drug-likeness (QED) is 0.432. The lowest BCUT2D eigenvalue weighted by Crippen LogP contribution is -2.11. The summed E-state index contributed by atoms with van der Waals surface area (Å²) in [5.41, 5.74) is -0.714. The zero-order valence-corrected chi connectivity index (χ0v) is 14.6. The Morgan fingerprint density at radius 3 is 2.11 bits per heavy atom. The minimum Gasteiger partial charge on any atom is -0.497 e. The van der Waals surface area contributed by atoms with Crippen LogP contribution >= 0.6 is 0 Å². The largest absolute Gasteiger partial charge is 0.497 e. The highest BCUT2D eigenvalue weighted by atomic mass is 19.4. The predicted octanol–water partition coefficient (Wildman–Crippen LogP) is 5.03. The Hall–Kier alpha value is -3.03. The molecule has 0 aromatic heterocycles. The van der Waals surface area contributed by atoms with Gasteiger partial charge in [-0.1, -0.05) is 12.1 Å². The van der Waals surface area contributed by atoms with E-state index < -0.39 is 23.5 Å². The Kier molecular flexibility index (Phi) is 6.44. The third kappa shape index (κ3) is 5.22. The number of ether oxygens (including phenoxy) is 2. The summed E-state index contributed by atoms with van der Waals surface area (Å²) >= 11 is 0. The van der Waals surface area contributed by atoms with E-state index in [1.165, 1.54) is 14.0 Å².